The maximum atomic E-state index is 13.1. The van der Waals surface area contributed by atoms with Crippen LogP contribution in [-0.4, -0.2) is 42.2 Å². The van der Waals surface area contributed by atoms with Gasteiger partial charge in [0.1, 0.15) is 11.8 Å². The van der Waals surface area contributed by atoms with Gasteiger partial charge in [0.25, 0.3) is 0 Å². The molecule has 0 heterocycles. The lowest BCUT2D eigenvalue weighted by atomic mass is 10.1. The number of carbonyl (C=O) groups excluding carboxylic acids is 2. The van der Waals surface area contributed by atoms with Gasteiger partial charge in [0.05, 0.1) is 12.9 Å². The highest BCUT2D eigenvalue weighted by atomic mass is 35.5. The van der Waals surface area contributed by atoms with Crippen molar-refractivity contribution >= 4 is 35.2 Å². The van der Waals surface area contributed by atoms with Crippen LogP contribution in [0.2, 0.25) is 5.02 Å². The van der Waals surface area contributed by atoms with Crippen LogP contribution >= 0.6 is 23.4 Å². The number of nitrogens with zero attached hydrogens (tertiary/aromatic N) is 1. The number of hydrogen-bond donors (Lipinski definition) is 1. The molecule has 7 heteroatoms. The van der Waals surface area contributed by atoms with Gasteiger partial charge in [0.15, 0.2) is 0 Å². The lowest BCUT2D eigenvalue weighted by Gasteiger charge is -2.29. The van der Waals surface area contributed by atoms with Gasteiger partial charge in [-0.15, -0.1) is 11.8 Å². The molecule has 2 amide bonds. The van der Waals surface area contributed by atoms with E-state index < -0.39 is 6.04 Å². The summed E-state index contributed by atoms with van der Waals surface area (Å²) >= 11 is 7.36. The molecule has 1 N–H and O–H groups in total. The van der Waals surface area contributed by atoms with Gasteiger partial charge in [-0.1, -0.05) is 37.1 Å². The highest BCUT2D eigenvalue weighted by Gasteiger charge is 2.26. The van der Waals surface area contributed by atoms with E-state index in [0.717, 1.165) is 29.1 Å². The number of nitrogens with one attached hydrogen (secondary N) is 1. The van der Waals surface area contributed by atoms with Crippen molar-refractivity contribution in [1.29, 1.82) is 0 Å². The van der Waals surface area contributed by atoms with Crippen LogP contribution in [-0.2, 0) is 16.1 Å². The van der Waals surface area contributed by atoms with Crippen LogP contribution < -0.4 is 10.1 Å². The van der Waals surface area contributed by atoms with Crippen molar-refractivity contribution in [3.8, 4) is 5.75 Å². The molecule has 0 aliphatic heterocycles. The van der Waals surface area contributed by atoms with Crippen molar-refractivity contribution in [3.63, 3.8) is 0 Å². The number of rotatable bonds is 11. The summed E-state index contributed by atoms with van der Waals surface area (Å²) < 4.78 is 5.20. The first-order chi connectivity index (χ1) is 14.4. The summed E-state index contributed by atoms with van der Waals surface area (Å²) in [5, 5.41) is 3.59. The van der Waals surface area contributed by atoms with Crippen LogP contribution in [0, 0.1) is 0 Å². The molecule has 0 bridgehead atoms. The van der Waals surface area contributed by atoms with E-state index in [2.05, 4.69) is 12.2 Å². The lowest BCUT2D eigenvalue weighted by Crippen LogP contribution is -2.48. The summed E-state index contributed by atoms with van der Waals surface area (Å²) in [7, 11) is 1.61. The van der Waals surface area contributed by atoms with E-state index in [1.807, 2.05) is 36.4 Å². The molecule has 0 fully saturated rings. The number of halogens is 1. The second-order valence-electron chi connectivity index (χ2n) is 6.93. The molecule has 162 valence electrons. The largest absolute Gasteiger partial charge is 0.497 e. The Morgan fingerprint density at radius 1 is 1.13 bits per heavy atom. The van der Waals surface area contributed by atoms with Crippen LogP contribution in [0.4, 0.5) is 0 Å². The van der Waals surface area contributed by atoms with Gasteiger partial charge < -0.3 is 15.0 Å². The molecule has 5 nitrogen and oxygen atoms in total. The van der Waals surface area contributed by atoms with E-state index >= 15 is 0 Å². The summed E-state index contributed by atoms with van der Waals surface area (Å²) in [5.74, 6) is 0.760. The maximum Gasteiger partial charge on any atom is 0.242 e. The van der Waals surface area contributed by atoms with Crippen molar-refractivity contribution in [1.82, 2.24) is 10.2 Å². The van der Waals surface area contributed by atoms with Gasteiger partial charge in [0, 0.05) is 23.0 Å². The highest BCUT2D eigenvalue weighted by molar-refractivity contribution is 8.00. The summed E-state index contributed by atoms with van der Waals surface area (Å²) in [6.45, 7) is 4.81. The molecular weight excluding hydrogens is 420 g/mol. The SMILES string of the molecule is CCCCNC(=O)C(C)N(Cc1ccc(OC)cc1)C(=O)CSc1ccc(Cl)cc1. The average Bonchev–Trinajstić information content (AvgIpc) is 2.77. The number of benzene rings is 2. The molecule has 2 aromatic carbocycles. The lowest BCUT2D eigenvalue weighted by molar-refractivity contribution is -0.138. The Labute approximate surface area is 188 Å². The van der Waals surface area contributed by atoms with Crippen LogP contribution in [0.1, 0.15) is 32.3 Å². The molecule has 0 spiro atoms. The minimum atomic E-state index is -0.567. The minimum Gasteiger partial charge on any atom is -0.497 e. The summed E-state index contributed by atoms with van der Waals surface area (Å²) in [6.07, 6.45) is 1.91. The van der Waals surface area contributed by atoms with Crippen molar-refractivity contribution in [2.45, 2.75) is 44.2 Å². The fourth-order valence-corrected chi connectivity index (χ4v) is 3.72. The molecule has 0 aliphatic carbocycles. The number of carbonyl (C=O) groups is 2. The smallest absolute Gasteiger partial charge is 0.242 e. The Morgan fingerprint density at radius 2 is 1.80 bits per heavy atom. The van der Waals surface area contributed by atoms with E-state index in [9.17, 15) is 9.59 Å². The minimum absolute atomic E-state index is 0.0936. The molecule has 30 heavy (non-hydrogen) atoms. The summed E-state index contributed by atoms with van der Waals surface area (Å²) in [5.41, 5.74) is 0.939. The summed E-state index contributed by atoms with van der Waals surface area (Å²) in [4.78, 5) is 28.3. The Bertz CT molecular complexity index is 812. The van der Waals surface area contributed by atoms with E-state index in [-0.39, 0.29) is 17.6 Å². The van der Waals surface area contributed by atoms with Crippen LogP contribution in [0.25, 0.3) is 0 Å². The Kier molecular flexibility index (Phi) is 10.0. The topological polar surface area (TPSA) is 58.6 Å². The molecule has 0 saturated carbocycles. The predicted octanol–water partition coefficient (Wildman–Crippen LogP) is 4.77. The predicted molar refractivity (Wildman–Crippen MR) is 123 cm³/mol. The van der Waals surface area contributed by atoms with Gasteiger partial charge in [-0.25, -0.2) is 0 Å². The Morgan fingerprint density at radius 3 is 2.40 bits per heavy atom. The molecule has 0 radical (unpaired) electrons. The first kappa shape index (κ1) is 24.1. The van der Waals surface area contributed by atoms with E-state index in [0.29, 0.717) is 18.1 Å². The standard InChI is InChI=1S/C23H29ClN2O3S/c1-4-5-14-25-23(28)17(2)26(15-18-6-10-20(29-3)11-7-18)22(27)16-30-21-12-8-19(24)9-13-21/h6-13,17H,4-5,14-16H2,1-3H3,(H,25,28). The normalized spacial score (nSPS) is 11.6. The van der Waals surface area contributed by atoms with Gasteiger partial charge >= 0.3 is 0 Å². The van der Waals surface area contributed by atoms with Gasteiger partial charge in [-0.2, -0.15) is 0 Å². The molecule has 1 atom stereocenters. The third-order valence-electron chi connectivity index (χ3n) is 4.68. The maximum absolute atomic E-state index is 13.1. The molecular formula is C23H29ClN2O3S. The molecule has 2 rings (SSSR count). The van der Waals surface area contributed by atoms with E-state index in [4.69, 9.17) is 16.3 Å². The highest BCUT2D eigenvalue weighted by Crippen LogP contribution is 2.22. The third kappa shape index (κ3) is 7.58. The fourth-order valence-electron chi connectivity index (χ4n) is 2.81. The molecule has 1 unspecified atom stereocenters. The van der Waals surface area contributed by atoms with Crippen LogP contribution in [0.15, 0.2) is 53.4 Å². The quantitative estimate of drug-likeness (QED) is 0.397. The van der Waals surface area contributed by atoms with Crippen LogP contribution in [0.3, 0.4) is 0 Å². The van der Waals surface area contributed by atoms with Gasteiger partial charge in [0.2, 0.25) is 11.8 Å². The Hall–Kier alpha value is -2.18. The zero-order valence-electron chi connectivity index (χ0n) is 17.7. The van der Waals surface area contributed by atoms with Crippen molar-refractivity contribution in [2.24, 2.45) is 0 Å². The molecule has 0 aliphatic rings. The molecule has 0 saturated heterocycles. The zero-order valence-corrected chi connectivity index (χ0v) is 19.3. The van der Waals surface area contributed by atoms with Crippen molar-refractivity contribution in [2.75, 3.05) is 19.4 Å². The monoisotopic (exact) mass is 448 g/mol. The summed E-state index contributed by atoms with van der Waals surface area (Å²) in [6, 6.07) is 14.3. The molecule has 0 aromatic heterocycles. The van der Waals surface area contributed by atoms with E-state index in [1.54, 1.807) is 31.1 Å². The van der Waals surface area contributed by atoms with Gasteiger partial charge in [-0.05, 0) is 55.3 Å². The van der Waals surface area contributed by atoms with Crippen molar-refractivity contribution < 1.29 is 14.3 Å². The zero-order chi connectivity index (χ0) is 21.9. The third-order valence-corrected chi connectivity index (χ3v) is 5.93. The second kappa shape index (κ2) is 12.5. The average molecular weight is 449 g/mol. The molecule has 2 aromatic rings. The van der Waals surface area contributed by atoms with E-state index in [1.165, 1.54) is 11.8 Å². The first-order valence-corrected chi connectivity index (χ1v) is 11.4. The first-order valence-electron chi connectivity index (χ1n) is 10.0. The number of ether oxygens (including phenoxy) is 1. The number of hydrogen-bond acceptors (Lipinski definition) is 4. The Balaban J connectivity index is 2.10. The van der Waals surface area contributed by atoms with Gasteiger partial charge in [-0.3, -0.25) is 9.59 Å². The number of unbranched alkanes of at least 4 members (excludes halogenated alkanes) is 1. The second-order valence-corrected chi connectivity index (χ2v) is 8.42. The number of amides is 2. The number of thioether (sulfide) groups is 1. The fraction of sp³-hybridized carbons (Fsp3) is 0.391. The van der Waals surface area contributed by atoms with Crippen molar-refractivity contribution in [3.05, 3.63) is 59.1 Å². The van der Waals surface area contributed by atoms with Crippen LogP contribution in [0.5, 0.6) is 5.75 Å². The number of methoxy groups -OCH3 is 1.